The van der Waals surface area contributed by atoms with Gasteiger partial charge in [-0.1, -0.05) is 18.2 Å². The number of nitrogens with one attached hydrogen (secondary N) is 3. The molecule has 25 heavy (non-hydrogen) atoms. The quantitative estimate of drug-likeness (QED) is 0.640. The van der Waals surface area contributed by atoms with E-state index in [0.29, 0.717) is 11.5 Å². The van der Waals surface area contributed by atoms with E-state index in [1.807, 2.05) is 23.2 Å². The molecule has 0 aliphatic carbocycles. The standard InChI is InChI=1S/C16H13N3O5S/c20-15-14(10-17-16(21)18-15)19-25(22,23)13-8-6-12(7-9-13)24-11-4-2-1-3-5-11/h1-10,19H,(H2,17,18,20,21). The maximum atomic E-state index is 12.3. The van der Waals surface area contributed by atoms with Gasteiger partial charge < -0.3 is 9.72 Å². The van der Waals surface area contributed by atoms with Gasteiger partial charge in [-0.05, 0) is 36.4 Å². The lowest BCUT2D eigenvalue weighted by atomic mass is 10.3. The molecule has 0 aliphatic rings. The summed E-state index contributed by atoms with van der Waals surface area (Å²) in [7, 11) is -3.99. The van der Waals surface area contributed by atoms with Crippen LogP contribution in [0.5, 0.6) is 11.5 Å². The predicted molar refractivity (Wildman–Crippen MR) is 91.4 cm³/mol. The van der Waals surface area contributed by atoms with Gasteiger partial charge in [0.15, 0.2) is 0 Å². The van der Waals surface area contributed by atoms with Crippen molar-refractivity contribution in [1.82, 2.24) is 9.97 Å². The molecule has 3 rings (SSSR count). The number of hydrogen-bond acceptors (Lipinski definition) is 5. The Balaban J connectivity index is 1.80. The monoisotopic (exact) mass is 359 g/mol. The van der Waals surface area contributed by atoms with Gasteiger partial charge in [0, 0.05) is 6.20 Å². The lowest BCUT2D eigenvalue weighted by Gasteiger charge is -2.09. The minimum atomic E-state index is -3.99. The average Bonchev–Trinajstić information content (AvgIpc) is 2.59. The Morgan fingerprint density at radius 1 is 0.880 bits per heavy atom. The van der Waals surface area contributed by atoms with E-state index in [1.54, 1.807) is 12.1 Å². The number of aromatic amines is 2. The van der Waals surface area contributed by atoms with Gasteiger partial charge in [-0.2, -0.15) is 0 Å². The van der Waals surface area contributed by atoms with Crippen molar-refractivity contribution in [3.05, 3.63) is 81.6 Å². The molecule has 0 bridgehead atoms. The molecule has 0 fully saturated rings. The fourth-order valence-electron chi connectivity index (χ4n) is 2.00. The van der Waals surface area contributed by atoms with Crippen LogP contribution in [0, 0.1) is 0 Å². The highest BCUT2D eigenvalue weighted by Gasteiger charge is 2.16. The number of ether oxygens (including phenoxy) is 1. The van der Waals surface area contributed by atoms with Gasteiger partial charge in [0.2, 0.25) is 0 Å². The van der Waals surface area contributed by atoms with Crippen molar-refractivity contribution in [1.29, 1.82) is 0 Å². The van der Waals surface area contributed by atoms with Crippen LogP contribution in [0.15, 0.2) is 75.3 Å². The van der Waals surface area contributed by atoms with E-state index in [0.717, 1.165) is 6.20 Å². The molecule has 0 saturated heterocycles. The van der Waals surface area contributed by atoms with Crippen LogP contribution in [0.25, 0.3) is 0 Å². The third kappa shape index (κ3) is 3.96. The molecule has 0 radical (unpaired) electrons. The zero-order valence-corrected chi connectivity index (χ0v) is 13.5. The van der Waals surface area contributed by atoms with Crippen LogP contribution in [0.1, 0.15) is 0 Å². The third-order valence-electron chi connectivity index (χ3n) is 3.18. The first kappa shape index (κ1) is 16.5. The van der Waals surface area contributed by atoms with Crippen LogP contribution in [-0.2, 0) is 10.0 Å². The first-order chi connectivity index (χ1) is 11.9. The van der Waals surface area contributed by atoms with Crippen LogP contribution in [0.4, 0.5) is 5.69 Å². The molecule has 8 nitrogen and oxygen atoms in total. The van der Waals surface area contributed by atoms with Crippen molar-refractivity contribution in [2.75, 3.05) is 4.72 Å². The summed E-state index contributed by atoms with van der Waals surface area (Å²) in [6, 6.07) is 14.7. The van der Waals surface area contributed by atoms with E-state index >= 15 is 0 Å². The topological polar surface area (TPSA) is 121 Å². The molecule has 0 unspecified atom stereocenters. The first-order valence-electron chi connectivity index (χ1n) is 7.12. The fourth-order valence-corrected chi connectivity index (χ4v) is 3.05. The Morgan fingerprint density at radius 3 is 2.16 bits per heavy atom. The Hall–Kier alpha value is -3.33. The van der Waals surface area contributed by atoms with Crippen molar-refractivity contribution < 1.29 is 13.2 Å². The summed E-state index contributed by atoms with van der Waals surface area (Å²) in [5, 5.41) is 0. The summed E-state index contributed by atoms with van der Waals surface area (Å²) in [5.41, 5.74) is -1.85. The number of benzene rings is 2. The summed E-state index contributed by atoms with van der Waals surface area (Å²) in [6.07, 6.45) is 0.992. The maximum absolute atomic E-state index is 12.3. The fraction of sp³-hybridized carbons (Fsp3) is 0. The molecule has 3 N–H and O–H groups in total. The van der Waals surface area contributed by atoms with Crippen molar-refractivity contribution in [3.63, 3.8) is 0 Å². The molecule has 1 heterocycles. The normalized spacial score (nSPS) is 11.0. The zero-order chi connectivity index (χ0) is 17.9. The zero-order valence-electron chi connectivity index (χ0n) is 12.7. The summed E-state index contributed by atoms with van der Waals surface area (Å²) >= 11 is 0. The minimum absolute atomic E-state index is 0.0569. The van der Waals surface area contributed by atoms with Crippen LogP contribution >= 0.6 is 0 Å². The third-order valence-corrected chi connectivity index (χ3v) is 4.56. The van der Waals surface area contributed by atoms with Crippen molar-refractivity contribution in [3.8, 4) is 11.5 Å². The number of H-pyrrole nitrogens is 2. The van der Waals surface area contributed by atoms with E-state index in [-0.39, 0.29) is 10.6 Å². The smallest absolute Gasteiger partial charge is 0.325 e. The van der Waals surface area contributed by atoms with Gasteiger partial charge in [0.25, 0.3) is 15.6 Å². The molecule has 0 aliphatic heterocycles. The molecule has 2 aromatic carbocycles. The summed E-state index contributed by atoms with van der Waals surface area (Å²) < 4.78 is 32.3. The Morgan fingerprint density at radius 2 is 1.52 bits per heavy atom. The molecule has 1 aromatic heterocycles. The van der Waals surface area contributed by atoms with Crippen molar-refractivity contribution in [2.45, 2.75) is 4.90 Å². The Bertz CT molecular complexity index is 1090. The lowest BCUT2D eigenvalue weighted by molar-refractivity contribution is 0.482. The average molecular weight is 359 g/mol. The number of rotatable bonds is 5. The van der Waals surface area contributed by atoms with Crippen LogP contribution in [0.2, 0.25) is 0 Å². The van der Waals surface area contributed by atoms with E-state index in [2.05, 4.69) is 9.71 Å². The first-order valence-corrected chi connectivity index (χ1v) is 8.60. The lowest BCUT2D eigenvalue weighted by Crippen LogP contribution is -2.26. The van der Waals surface area contributed by atoms with Gasteiger partial charge in [-0.15, -0.1) is 0 Å². The molecule has 9 heteroatoms. The summed E-state index contributed by atoms with van der Waals surface area (Å²) in [4.78, 5) is 26.6. The SMILES string of the molecule is O=c1[nH]cc(NS(=O)(=O)c2ccc(Oc3ccccc3)cc2)c(=O)[nH]1. The van der Waals surface area contributed by atoms with Gasteiger partial charge in [-0.25, -0.2) is 13.2 Å². The van der Waals surface area contributed by atoms with E-state index < -0.39 is 21.3 Å². The second kappa shape index (κ2) is 6.65. The van der Waals surface area contributed by atoms with Crippen LogP contribution < -0.4 is 20.7 Å². The summed E-state index contributed by atoms with van der Waals surface area (Å²) in [5.74, 6) is 1.09. The van der Waals surface area contributed by atoms with Crippen molar-refractivity contribution in [2.24, 2.45) is 0 Å². The largest absolute Gasteiger partial charge is 0.457 e. The molecule has 0 atom stereocenters. The minimum Gasteiger partial charge on any atom is -0.457 e. The number of sulfonamides is 1. The molecular formula is C16H13N3O5S. The molecule has 0 amide bonds. The number of hydrogen-bond donors (Lipinski definition) is 3. The van der Waals surface area contributed by atoms with Crippen molar-refractivity contribution >= 4 is 15.7 Å². The molecule has 3 aromatic rings. The molecule has 128 valence electrons. The Labute approximate surface area is 142 Å². The van der Waals surface area contributed by atoms with Gasteiger partial charge in [0.05, 0.1) is 4.90 Å². The van der Waals surface area contributed by atoms with Crippen LogP contribution in [0.3, 0.4) is 0 Å². The molecule has 0 saturated carbocycles. The highest BCUT2D eigenvalue weighted by atomic mass is 32.2. The van der Waals surface area contributed by atoms with E-state index in [4.69, 9.17) is 4.74 Å². The van der Waals surface area contributed by atoms with E-state index in [1.165, 1.54) is 24.3 Å². The highest BCUT2D eigenvalue weighted by molar-refractivity contribution is 7.92. The van der Waals surface area contributed by atoms with Crippen LogP contribution in [-0.4, -0.2) is 18.4 Å². The van der Waals surface area contributed by atoms with Gasteiger partial charge in [0.1, 0.15) is 17.2 Å². The molecular weight excluding hydrogens is 346 g/mol. The Kier molecular flexibility index (Phi) is 4.40. The summed E-state index contributed by atoms with van der Waals surface area (Å²) in [6.45, 7) is 0. The number of para-hydroxylation sites is 1. The second-order valence-corrected chi connectivity index (χ2v) is 6.66. The van der Waals surface area contributed by atoms with E-state index in [9.17, 15) is 18.0 Å². The van der Waals surface area contributed by atoms with Gasteiger partial charge >= 0.3 is 5.69 Å². The highest BCUT2D eigenvalue weighted by Crippen LogP contribution is 2.23. The maximum Gasteiger partial charge on any atom is 0.325 e. The molecule has 0 spiro atoms. The van der Waals surface area contributed by atoms with Gasteiger partial charge in [-0.3, -0.25) is 14.5 Å². The predicted octanol–water partition coefficient (Wildman–Crippen LogP) is 1.66. The number of aromatic nitrogens is 2. The second-order valence-electron chi connectivity index (χ2n) is 4.98. The number of anilines is 1.